The van der Waals surface area contributed by atoms with Crippen LogP contribution in [-0.4, -0.2) is 16.3 Å². The van der Waals surface area contributed by atoms with Crippen LogP contribution in [-0.2, 0) is 6.54 Å². The van der Waals surface area contributed by atoms with Gasteiger partial charge in [-0.1, -0.05) is 162 Å². The van der Waals surface area contributed by atoms with E-state index in [9.17, 15) is 0 Å². The zero-order valence-corrected chi connectivity index (χ0v) is 21.9. The molecule has 0 atom stereocenters. The van der Waals surface area contributed by atoms with Gasteiger partial charge in [0.1, 0.15) is 0 Å². The lowest BCUT2D eigenvalue weighted by molar-refractivity contribution is 0.534. The van der Waals surface area contributed by atoms with Gasteiger partial charge in [0.15, 0.2) is 0 Å². The Morgan fingerprint density at radius 3 is 1.59 bits per heavy atom. The monoisotopic (exact) mass is 458 g/mol. The number of imidazole rings is 1. The van der Waals surface area contributed by atoms with Gasteiger partial charge in [0.25, 0.3) is 0 Å². The molecule has 0 N–H and O–H groups in total. The number of hydrogen-bond acceptors (Lipinski definition) is 1. The van der Waals surface area contributed by atoms with E-state index < -0.39 is 0 Å². The van der Waals surface area contributed by atoms with E-state index in [1.165, 1.54) is 94.3 Å². The minimum absolute atomic E-state index is 0.553. The molecule has 0 aliphatic heterocycles. The van der Waals surface area contributed by atoms with Gasteiger partial charge in [0, 0.05) is 18.9 Å². The number of benzene rings is 2. The smallest absolute Gasteiger partial charge is 0.209 e. The number of aryl methyl sites for hydroxylation is 1. The van der Waals surface area contributed by atoms with Gasteiger partial charge in [0.2, 0.25) is 6.71 Å². The van der Waals surface area contributed by atoms with Crippen LogP contribution in [0.4, 0.5) is 0 Å². The summed E-state index contributed by atoms with van der Waals surface area (Å²) in [5.41, 5.74) is 2.87. The lowest BCUT2D eigenvalue weighted by Crippen LogP contribution is -2.41. The molecular formula is C31H47BN2. The molecule has 2 aromatic carbocycles. The van der Waals surface area contributed by atoms with E-state index >= 15 is 0 Å². The molecule has 0 aliphatic carbocycles. The molecule has 0 radical (unpaired) electrons. The molecule has 0 amide bonds. The predicted molar refractivity (Wildman–Crippen MR) is 152 cm³/mol. The number of aromatic nitrogens is 2. The second-order valence-electron chi connectivity index (χ2n) is 9.50. The molecule has 0 saturated heterocycles. The lowest BCUT2D eigenvalue weighted by Gasteiger charge is -2.14. The van der Waals surface area contributed by atoms with Gasteiger partial charge >= 0.3 is 0 Å². The molecule has 1 aromatic heterocycles. The average Bonchev–Trinajstić information content (AvgIpc) is 3.41. The first-order valence-electron chi connectivity index (χ1n) is 13.9. The fourth-order valence-electron chi connectivity index (χ4n) is 4.51. The topological polar surface area (TPSA) is 17.8 Å². The van der Waals surface area contributed by atoms with Crippen LogP contribution in [0.5, 0.6) is 0 Å². The van der Waals surface area contributed by atoms with Gasteiger partial charge in [-0.2, -0.15) is 0 Å². The Balaban J connectivity index is 0.000000240. The number of hydrogen-bond donors (Lipinski definition) is 0. The van der Waals surface area contributed by atoms with Crippen molar-refractivity contribution in [2.24, 2.45) is 0 Å². The summed E-state index contributed by atoms with van der Waals surface area (Å²) in [6, 6.07) is 21.7. The number of unbranched alkanes of at least 4 members (excludes halogenated alkanes) is 10. The standard InChI is InChI=1S/C16H19B.C15H28N2/c1-2-3-14-17(15-10-6-4-7-11-15)16-12-8-5-9-13-16;1-2-3-4-5-6-7-8-9-10-11-13-17-14-12-16-15-17/h4-13H,2-3,14H2,1H3;12,14-15H,2-11,13H2,1H3. The molecule has 0 bridgehead atoms. The van der Waals surface area contributed by atoms with Crippen molar-refractivity contribution in [1.82, 2.24) is 9.55 Å². The third kappa shape index (κ3) is 12.3. The molecule has 0 spiro atoms. The average molecular weight is 459 g/mol. The van der Waals surface area contributed by atoms with E-state index in [2.05, 4.69) is 84.1 Å². The van der Waals surface area contributed by atoms with Crippen molar-refractivity contribution in [3.63, 3.8) is 0 Å². The largest absolute Gasteiger partial charge is 0.337 e. The maximum Gasteiger partial charge on any atom is 0.209 e. The van der Waals surface area contributed by atoms with Gasteiger partial charge in [-0.3, -0.25) is 0 Å². The van der Waals surface area contributed by atoms with Crippen molar-refractivity contribution < 1.29 is 0 Å². The summed E-state index contributed by atoms with van der Waals surface area (Å²) in [5, 5.41) is 0. The molecule has 184 valence electrons. The van der Waals surface area contributed by atoms with Crippen LogP contribution < -0.4 is 10.9 Å². The Bertz CT molecular complexity index is 762. The molecular weight excluding hydrogens is 411 g/mol. The SMILES string of the molecule is CCCCB(c1ccccc1)c1ccccc1.CCCCCCCCCCCCn1ccnc1. The highest BCUT2D eigenvalue weighted by Gasteiger charge is 2.17. The van der Waals surface area contributed by atoms with E-state index in [4.69, 9.17) is 0 Å². The Morgan fingerprint density at radius 2 is 1.12 bits per heavy atom. The van der Waals surface area contributed by atoms with E-state index in [0.29, 0.717) is 6.71 Å². The van der Waals surface area contributed by atoms with Gasteiger partial charge < -0.3 is 4.57 Å². The minimum atomic E-state index is 0.553. The van der Waals surface area contributed by atoms with E-state index in [0.717, 1.165) is 6.54 Å². The van der Waals surface area contributed by atoms with Gasteiger partial charge in [-0.25, -0.2) is 4.98 Å². The summed E-state index contributed by atoms with van der Waals surface area (Å²) >= 11 is 0. The first-order chi connectivity index (χ1) is 16.8. The van der Waals surface area contributed by atoms with Crippen LogP contribution in [0, 0.1) is 0 Å². The Morgan fingerprint density at radius 1 is 0.618 bits per heavy atom. The molecule has 3 heteroatoms. The molecule has 0 saturated carbocycles. The van der Waals surface area contributed by atoms with Crippen molar-refractivity contribution in [2.45, 2.75) is 104 Å². The summed E-state index contributed by atoms with van der Waals surface area (Å²) in [5.74, 6) is 0. The number of nitrogens with zero attached hydrogens (tertiary/aromatic N) is 2. The zero-order chi connectivity index (χ0) is 24.1. The lowest BCUT2D eigenvalue weighted by atomic mass is 9.38. The van der Waals surface area contributed by atoms with Crippen LogP contribution in [0.3, 0.4) is 0 Å². The normalized spacial score (nSPS) is 10.5. The number of rotatable bonds is 16. The summed E-state index contributed by atoms with van der Waals surface area (Å²) < 4.78 is 2.17. The molecule has 0 fully saturated rings. The highest BCUT2D eigenvalue weighted by molar-refractivity contribution is 6.85. The maximum atomic E-state index is 4.05. The quantitative estimate of drug-likeness (QED) is 0.158. The predicted octanol–water partition coefficient (Wildman–Crippen LogP) is 7.90. The Labute approximate surface area is 210 Å². The molecule has 34 heavy (non-hydrogen) atoms. The second-order valence-corrected chi connectivity index (χ2v) is 9.50. The molecule has 3 rings (SSSR count). The molecule has 0 aliphatic rings. The first-order valence-corrected chi connectivity index (χ1v) is 13.9. The molecule has 0 unspecified atom stereocenters. The van der Waals surface area contributed by atoms with Crippen LogP contribution in [0.15, 0.2) is 79.4 Å². The summed E-state index contributed by atoms with van der Waals surface area (Å²) in [6.45, 7) is 6.22. The van der Waals surface area contributed by atoms with Crippen LogP contribution in [0.2, 0.25) is 6.32 Å². The molecule has 3 aromatic rings. The van der Waals surface area contributed by atoms with Crippen molar-refractivity contribution in [3.05, 3.63) is 79.4 Å². The van der Waals surface area contributed by atoms with Crippen molar-refractivity contribution in [3.8, 4) is 0 Å². The third-order valence-corrected chi connectivity index (χ3v) is 6.58. The van der Waals surface area contributed by atoms with Crippen LogP contribution in [0.1, 0.15) is 90.9 Å². The maximum absolute atomic E-state index is 4.05. The zero-order valence-electron chi connectivity index (χ0n) is 21.9. The van der Waals surface area contributed by atoms with E-state index in [1.54, 1.807) is 0 Å². The highest BCUT2D eigenvalue weighted by atomic mass is 15.0. The Kier molecular flexibility index (Phi) is 15.7. The molecule has 2 nitrogen and oxygen atoms in total. The minimum Gasteiger partial charge on any atom is -0.337 e. The molecule has 1 heterocycles. The Hall–Kier alpha value is -2.29. The van der Waals surface area contributed by atoms with E-state index in [-0.39, 0.29) is 0 Å². The van der Waals surface area contributed by atoms with Crippen LogP contribution >= 0.6 is 0 Å². The second kappa shape index (κ2) is 19.1. The van der Waals surface area contributed by atoms with Crippen molar-refractivity contribution >= 4 is 17.6 Å². The van der Waals surface area contributed by atoms with Crippen molar-refractivity contribution in [2.75, 3.05) is 0 Å². The fourth-order valence-corrected chi connectivity index (χ4v) is 4.51. The van der Waals surface area contributed by atoms with Crippen LogP contribution in [0.25, 0.3) is 0 Å². The highest BCUT2D eigenvalue weighted by Crippen LogP contribution is 2.11. The summed E-state index contributed by atoms with van der Waals surface area (Å²) in [6.07, 6.45) is 23.7. The fraction of sp³-hybridized carbons (Fsp3) is 0.516. The summed E-state index contributed by atoms with van der Waals surface area (Å²) in [4.78, 5) is 4.05. The van der Waals surface area contributed by atoms with Gasteiger partial charge in [-0.05, 0) is 6.42 Å². The van der Waals surface area contributed by atoms with Crippen molar-refractivity contribution in [1.29, 1.82) is 0 Å². The van der Waals surface area contributed by atoms with E-state index in [1.807, 2.05) is 18.7 Å². The third-order valence-electron chi connectivity index (χ3n) is 6.58. The van der Waals surface area contributed by atoms with Gasteiger partial charge in [0.05, 0.1) is 6.33 Å². The first kappa shape index (κ1) is 28.0. The summed E-state index contributed by atoms with van der Waals surface area (Å²) in [7, 11) is 0. The van der Waals surface area contributed by atoms with Gasteiger partial charge in [-0.15, -0.1) is 0 Å².